The first kappa shape index (κ1) is 18.7. The fourth-order valence-electron chi connectivity index (χ4n) is 3.86. The Hall–Kier alpha value is -2.60. The molecule has 0 radical (unpaired) electrons. The van der Waals surface area contributed by atoms with E-state index in [0.717, 1.165) is 48.8 Å². The highest BCUT2D eigenvalue weighted by atomic mass is 19.1. The molecule has 28 heavy (non-hydrogen) atoms. The number of carbonyl (C=O) groups excluding carboxylic acids is 1. The van der Waals surface area contributed by atoms with Crippen LogP contribution in [-0.2, 0) is 16.0 Å². The van der Waals surface area contributed by atoms with Crippen LogP contribution >= 0.6 is 0 Å². The van der Waals surface area contributed by atoms with Gasteiger partial charge in [0, 0.05) is 31.9 Å². The summed E-state index contributed by atoms with van der Waals surface area (Å²) in [6.07, 6.45) is 2.63. The van der Waals surface area contributed by atoms with Crippen molar-refractivity contribution in [3.63, 3.8) is 0 Å². The summed E-state index contributed by atoms with van der Waals surface area (Å²) in [5.41, 5.74) is 3.80. The van der Waals surface area contributed by atoms with Gasteiger partial charge in [-0.15, -0.1) is 0 Å². The number of rotatable bonds is 5. The number of hydrogen-bond acceptors (Lipinski definition) is 4. The second-order valence-corrected chi connectivity index (χ2v) is 7.35. The van der Waals surface area contributed by atoms with Gasteiger partial charge >= 0.3 is 0 Å². The van der Waals surface area contributed by atoms with E-state index in [1.807, 2.05) is 0 Å². The van der Waals surface area contributed by atoms with Crippen LogP contribution in [0.3, 0.4) is 0 Å². The van der Waals surface area contributed by atoms with Crippen molar-refractivity contribution < 1.29 is 13.9 Å². The fraction of sp³-hybridized carbons (Fsp3) is 0.409. The zero-order valence-electron chi connectivity index (χ0n) is 16.0. The molecule has 0 spiro atoms. The molecule has 2 aromatic rings. The summed E-state index contributed by atoms with van der Waals surface area (Å²) in [7, 11) is 0. The summed E-state index contributed by atoms with van der Waals surface area (Å²) in [4.78, 5) is 17.3. The molecule has 0 aromatic heterocycles. The molecule has 2 saturated heterocycles. The Labute approximate surface area is 165 Å². The number of ether oxygens (including phenoxy) is 1. The van der Waals surface area contributed by atoms with E-state index >= 15 is 0 Å². The Bertz CT molecular complexity index is 813. The molecule has 1 amide bonds. The van der Waals surface area contributed by atoms with E-state index < -0.39 is 0 Å². The minimum Gasteiger partial charge on any atom is -0.378 e. The van der Waals surface area contributed by atoms with Crippen LogP contribution in [0.2, 0.25) is 0 Å². The quantitative estimate of drug-likeness (QED) is 0.859. The van der Waals surface area contributed by atoms with Gasteiger partial charge in [-0.2, -0.15) is 0 Å². The lowest BCUT2D eigenvalue weighted by Gasteiger charge is -2.31. The first-order valence-corrected chi connectivity index (χ1v) is 9.95. The number of nitrogens with zero attached hydrogens (tertiary/aromatic N) is 2. The summed E-state index contributed by atoms with van der Waals surface area (Å²) < 4.78 is 18.6. The van der Waals surface area contributed by atoms with Gasteiger partial charge in [-0.3, -0.25) is 4.79 Å². The first-order chi connectivity index (χ1) is 13.7. The number of morpholine rings is 1. The van der Waals surface area contributed by atoms with Gasteiger partial charge in [0.05, 0.1) is 31.0 Å². The highest BCUT2D eigenvalue weighted by molar-refractivity contribution is 5.96. The lowest BCUT2D eigenvalue weighted by Crippen LogP contribution is -2.37. The van der Waals surface area contributed by atoms with Crippen LogP contribution in [0, 0.1) is 5.82 Å². The van der Waals surface area contributed by atoms with Gasteiger partial charge in [-0.1, -0.05) is 12.1 Å². The Kier molecular flexibility index (Phi) is 5.76. The molecule has 0 bridgehead atoms. The van der Waals surface area contributed by atoms with E-state index in [1.54, 1.807) is 12.1 Å². The molecule has 2 heterocycles. The van der Waals surface area contributed by atoms with E-state index in [-0.39, 0.29) is 18.1 Å². The Morgan fingerprint density at radius 3 is 2.39 bits per heavy atom. The van der Waals surface area contributed by atoms with Gasteiger partial charge in [-0.25, -0.2) is 4.39 Å². The van der Waals surface area contributed by atoms with Crippen LogP contribution in [0.1, 0.15) is 18.4 Å². The normalized spacial score (nSPS) is 17.0. The first-order valence-electron chi connectivity index (χ1n) is 9.95. The molecule has 0 saturated carbocycles. The molecular formula is C22H26FN3O2. The topological polar surface area (TPSA) is 44.8 Å². The second-order valence-electron chi connectivity index (χ2n) is 7.35. The molecule has 0 aliphatic carbocycles. The summed E-state index contributed by atoms with van der Waals surface area (Å²) in [5.74, 6) is -0.392. The summed E-state index contributed by atoms with van der Waals surface area (Å²) >= 11 is 0. The molecule has 2 fully saturated rings. The van der Waals surface area contributed by atoms with Crippen molar-refractivity contribution in [3.05, 3.63) is 53.8 Å². The Morgan fingerprint density at radius 2 is 1.68 bits per heavy atom. The van der Waals surface area contributed by atoms with Gasteiger partial charge in [0.25, 0.3) is 0 Å². The second kappa shape index (κ2) is 8.61. The Morgan fingerprint density at radius 1 is 0.964 bits per heavy atom. The maximum Gasteiger partial charge on any atom is 0.228 e. The van der Waals surface area contributed by atoms with E-state index in [4.69, 9.17) is 4.74 Å². The molecule has 2 aliphatic rings. The van der Waals surface area contributed by atoms with Crippen LogP contribution in [-0.4, -0.2) is 45.3 Å². The highest BCUT2D eigenvalue weighted by Gasteiger charge is 2.19. The predicted molar refractivity (Wildman–Crippen MR) is 110 cm³/mol. The molecule has 1 N–H and O–H groups in total. The molecule has 6 heteroatoms. The average Bonchev–Trinajstić information content (AvgIpc) is 3.25. The predicted octanol–water partition coefficient (Wildman–Crippen LogP) is 3.44. The van der Waals surface area contributed by atoms with Crippen LogP contribution in [0.25, 0.3) is 0 Å². The number of benzene rings is 2. The van der Waals surface area contributed by atoms with Crippen LogP contribution in [0.5, 0.6) is 0 Å². The van der Waals surface area contributed by atoms with Crippen LogP contribution in [0.4, 0.5) is 21.5 Å². The summed E-state index contributed by atoms with van der Waals surface area (Å²) in [6, 6.07) is 12.4. The molecular weight excluding hydrogens is 357 g/mol. The average molecular weight is 383 g/mol. The lowest BCUT2D eigenvalue weighted by atomic mass is 10.1. The monoisotopic (exact) mass is 383 g/mol. The number of anilines is 3. The van der Waals surface area contributed by atoms with Crippen molar-refractivity contribution in [1.29, 1.82) is 0 Å². The smallest absolute Gasteiger partial charge is 0.228 e. The van der Waals surface area contributed by atoms with Crippen molar-refractivity contribution in [2.75, 3.05) is 54.5 Å². The minimum atomic E-state index is -0.294. The van der Waals surface area contributed by atoms with Gasteiger partial charge in [0.2, 0.25) is 5.91 Å². The number of nitrogens with one attached hydrogen (secondary N) is 1. The van der Waals surface area contributed by atoms with E-state index in [2.05, 4.69) is 33.3 Å². The SMILES string of the molecule is O=C(Cc1ccc(F)cc1)Nc1cc(N2CCCC2)ccc1N1CCOCC1. The molecule has 2 aliphatic heterocycles. The van der Waals surface area contributed by atoms with Gasteiger partial charge in [0.15, 0.2) is 0 Å². The zero-order chi connectivity index (χ0) is 19.3. The largest absolute Gasteiger partial charge is 0.378 e. The van der Waals surface area contributed by atoms with Gasteiger partial charge in [0.1, 0.15) is 5.82 Å². The van der Waals surface area contributed by atoms with E-state index in [1.165, 1.54) is 25.0 Å². The third kappa shape index (κ3) is 4.44. The van der Waals surface area contributed by atoms with Crippen LogP contribution in [0.15, 0.2) is 42.5 Å². The zero-order valence-corrected chi connectivity index (χ0v) is 16.0. The standard InChI is InChI=1S/C22H26FN3O2/c23-18-5-3-17(4-6-18)15-22(27)24-20-16-19(25-9-1-2-10-25)7-8-21(20)26-11-13-28-14-12-26/h3-8,16H,1-2,9-15H2,(H,24,27). The number of carbonyl (C=O) groups is 1. The third-order valence-corrected chi connectivity index (χ3v) is 5.36. The maximum atomic E-state index is 13.1. The summed E-state index contributed by atoms with van der Waals surface area (Å²) in [6.45, 7) is 5.11. The summed E-state index contributed by atoms with van der Waals surface area (Å²) in [5, 5.41) is 3.09. The number of hydrogen-bond donors (Lipinski definition) is 1. The fourth-order valence-corrected chi connectivity index (χ4v) is 3.86. The van der Waals surface area contributed by atoms with Gasteiger partial charge < -0.3 is 19.9 Å². The Balaban J connectivity index is 1.55. The van der Waals surface area contributed by atoms with Crippen molar-refractivity contribution in [1.82, 2.24) is 0 Å². The highest BCUT2D eigenvalue weighted by Crippen LogP contribution is 2.33. The van der Waals surface area contributed by atoms with Crippen molar-refractivity contribution >= 4 is 23.0 Å². The molecule has 0 unspecified atom stereocenters. The van der Waals surface area contributed by atoms with Crippen molar-refractivity contribution in [2.24, 2.45) is 0 Å². The number of halogens is 1. The van der Waals surface area contributed by atoms with E-state index in [0.29, 0.717) is 13.2 Å². The molecule has 0 atom stereocenters. The molecule has 148 valence electrons. The van der Waals surface area contributed by atoms with Crippen molar-refractivity contribution in [2.45, 2.75) is 19.3 Å². The van der Waals surface area contributed by atoms with E-state index in [9.17, 15) is 9.18 Å². The van der Waals surface area contributed by atoms with Crippen molar-refractivity contribution in [3.8, 4) is 0 Å². The minimum absolute atomic E-state index is 0.0975. The lowest BCUT2D eigenvalue weighted by molar-refractivity contribution is -0.115. The molecule has 2 aromatic carbocycles. The third-order valence-electron chi connectivity index (χ3n) is 5.36. The van der Waals surface area contributed by atoms with Gasteiger partial charge in [-0.05, 0) is 48.7 Å². The maximum absolute atomic E-state index is 13.1. The molecule has 5 nitrogen and oxygen atoms in total. The van der Waals surface area contributed by atoms with Crippen LogP contribution < -0.4 is 15.1 Å². The molecule has 4 rings (SSSR count). The number of amides is 1.